The molecule has 0 radical (unpaired) electrons. The van der Waals surface area contributed by atoms with Crippen LogP contribution in [0.3, 0.4) is 0 Å². The number of rotatable bonds is 3. The van der Waals surface area contributed by atoms with Crippen LogP contribution in [0, 0.1) is 5.82 Å². The molecule has 0 saturated heterocycles. The Balaban J connectivity index is 3.26. The number of halogens is 2. The zero-order chi connectivity index (χ0) is 11.4. The van der Waals surface area contributed by atoms with Crippen LogP contribution in [0.1, 0.15) is 27.6 Å². The first-order valence-electron chi connectivity index (χ1n) is 4.21. The van der Waals surface area contributed by atoms with Crippen molar-refractivity contribution in [2.24, 2.45) is 0 Å². The third kappa shape index (κ3) is 2.62. The van der Waals surface area contributed by atoms with Crippen LogP contribution in [0.4, 0.5) is 4.39 Å². The van der Waals surface area contributed by atoms with Crippen LogP contribution in [0.5, 0.6) is 0 Å². The summed E-state index contributed by atoms with van der Waals surface area (Å²) in [5.41, 5.74) is -0.352. The molecule has 0 aliphatic carbocycles. The molecule has 0 aliphatic heterocycles. The molecule has 80 valence electrons. The summed E-state index contributed by atoms with van der Waals surface area (Å²) in [6.45, 7) is 1.80. The van der Waals surface area contributed by atoms with Crippen LogP contribution in [0.2, 0.25) is 0 Å². The van der Waals surface area contributed by atoms with Crippen LogP contribution in [-0.2, 0) is 4.74 Å². The van der Waals surface area contributed by atoms with Gasteiger partial charge in [0.05, 0.1) is 17.7 Å². The topological polar surface area (TPSA) is 43.4 Å². The van der Waals surface area contributed by atoms with Crippen molar-refractivity contribution in [2.45, 2.75) is 6.92 Å². The normalized spacial score (nSPS) is 9.80. The maximum absolute atomic E-state index is 13.2. The first kappa shape index (κ1) is 11.8. The van der Waals surface area contributed by atoms with Crippen molar-refractivity contribution >= 4 is 28.2 Å². The van der Waals surface area contributed by atoms with Gasteiger partial charge in [0.15, 0.2) is 6.29 Å². The highest BCUT2D eigenvalue weighted by atomic mass is 79.9. The van der Waals surface area contributed by atoms with Crippen molar-refractivity contribution in [3.8, 4) is 0 Å². The van der Waals surface area contributed by atoms with Crippen LogP contribution in [0.15, 0.2) is 16.6 Å². The van der Waals surface area contributed by atoms with E-state index in [9.17, 15) is 14.0 Å². The Kier molecular flexibility index (Phi) is 3.96. The van der Waals surface area contributed by atoms with Crippen LogP contribution >= 0.6 is 15.9 Å². The predicted molar refractivity (Wildman–Crippen MR) is 55.4 cm³/mol. The second-order valence-electron chi connectivity index (χ2n) is 2.69. The van der Waals surface area contributed by atoms with Gasteiger partial charge in [-0.05, 0) is 19.1 Å². The highest BCUT2D eigenvalue weighted by Crippen LogP contribution is 2.20. The Morgan fingerprint density at radius 3 is 2.80 bits per heavy atom. The highest BCUT2D eigenvalue weighted by molar-refractivity contribution is 9.10. The lowest BCUT2D eigenvalue weighted by Crippen LogP contribution is -2.09. The third-order valence-corrected chi connectivity index (χ3v) is 2.17. The quantitative estimate of drug-likeness (QED) is 0.629. The van der Waals surface area contributed by atoms with Gasteiger partial charge in [0.2, 0.25) is 0 Å². The van der Waals surface area contributed by atoms with Gasteiger partial charge in [-0.1, -0.05) is 15.9 Å². The number of carbonyl (C=O) groups excluding carboxylic acids is 2. The average molecular weight is 275 g/mol. The second kappa shape index (κ2) is 5.02. The number of aldehydes is 1. The molecule has 5 heteroatoms. The van der Waals surface area contributed by atoms with Crippen molar-refractivity contribution in [1.82, 2.24) is 0 Å². The van der Waals surface area contributed by atoms with E-state index in [1.165, 1.54) is 6.07 Å². The van der Waals surface area contributed by atoms with E-state index >= 15 is 0 Å². The zero-order valence-corrected chi connectivity index (χ0v) is 9.51. The molecule has 0 saturated carbocycles. The Hall–Kier alpha value is -1.23. The van der Waals surface area contributed by atoms with Gasteiger partial charge in [0.1, 0.15) is 5.82 Å². The van der Waals surface area contributed by atoms with Crippen LogP contribution in [0.25, 0.3) is 0 Å². The molecule has 0 atom stereocenters. The fourth-order valence-electron chi connectivity index (χ4n) is 1.08. The lowest BCUT2D eigenvalue weighted by molar-refractivity contribution is 0.0523. The lowest BCUT2D eigenvalue weighted by Gasteiger charge is -2.05. The van der Waals surface area contributed by atoms with Gasteiger partial charge in [0, 0.05) is 4.47 Å². The molecule has 0 aromatic heterocycles. The Bertz CT molecular complexity index is 404. The molecule has 0 fully saturated rings. The first-order valence-corrected chi connectivity index (χ1v) is 5.00. The monoisotopic (exact) mass is 274 g/mol. The lowest BCUT2D eigenvalue weighted by atomic mass is 10.1. The highest BCUT2D eigenvalue weighted by Gasteiger charge is 2.16. The molecule has 1 rings (SSSR count). The number of ether oxygens (including phenoxy) is 1. The van der Waals surface area contributed by atoms with E-state index in [1.807, 2.05) is 0 Å². The Morgan fingerprint density at radius 1 is 1.60 bits per heavy atom. The number of benzene rings is 1. The van der Waals surface area contributed by atoms with Gasteiger partial charge in [-0.3, -0.25) is 4.79 Å². The average Bonchev–Trinajstić information content (AvgIpc) is 2.17. The van der Waals surface area contributed by atoms with Gasteiger partial charge in [-0.25, -0.2) is 9.18 Å². The minimum Gasteiger partial charge on any atom is -0.462 e. The second-order valence-corrected chi connectivity index (χ2v) is 3.60. The summed E-state index contributed by atoms with van der Waals surface area (Å²) in [5, 5.41) is 0. The molecule has 0 spiro atoms. The maximum Gasteiger partial charge on any atom is 0.338 e. The van der Waals surface area contributed by atoms with E-state index in [0.717, 1.165) is 6.07 Å². The van der Waals surface area contributed by atoms with E-state index in [1.54, 1.807) is 6.92 Å². The standard InChI is InChI=1S/C10H8BrFO3/c1-2-15-10(14)7-3-6(11)4-9(12)8(7)5-13/h3-5H,2H2,1H3. The minimum atomic E-state index is -0.748. The third-order valence-electron chi connectivity index (χ3n) is 1.71. The number of hydrogen-bond acceptors (Lipinski definition) is 3. The van der Waals surface area contributed by atoms with Crippen molar-refractivity contribution < 1.29 is 18.7 Å². The van der Waals surface area contributed by atoms with E-state index in [4.69, 9.17) is 4.74 Å². The van der Waals surface area contributed by atoms with Crippen molar-refractivity contribution in [1.29, 1.82) is 0 Å². The molecule has 0 bridgehead atoms. The Morgan fingerprint density at radius 2 is 2.27 bits per heavy atom. The molecule has 3 nitrogen and oxygen atoms in total. The molecular formula is C10H8BrFO3. The molecular weight excluding hydrogens is 267 g/mol. The van der Waals surface area contributed by atoms with E-state index in [2.05, 4.69) is 15.9 Å². The summed E-state index contributed by atoms with van der Waals surface area (Å²) < 4.78 is 18.3. The van der Waals surface area contributed by atoms with E-state index in [-0.39, 0.29) is 17.7 Å². The Labute approximate surface area is 94.4 Å². The molecule has 1 aromatic rings. The molecule has 0 heterocycles. The molecule has 0 N–H and O–H groups in total. The van der Waals surface area contributed by atoms with E-state index < -0.39 is 11.8 Å². The fraction of sp³-hybridized carbons (Fsp3) is 0.200. The fourth-order valence-corrected chi connectivity index (χ4v) is 1.51. The van der Waals surface area contributed by atoms with Gasteiger partial charge in [-0.15, -0.1) is 0 Å². The largest absolute Gasteiger partial charge is 0.462 e. The summed E-state index contributed by atoms with van der Waals surface area (Å²) in [6, 6.07) is 2.47. The van der Waals surface area contributed by atoms with Crippen LogP contribution in [-0.4, -0.2) is 18.9 Å². The maximum atomic E-state index is 13.2. The van der Waals surface area contributed by atoms with Crippen LogP contribution < -0.4 is 0 Å². The molecule has 0 amide bonds. The number of esters is 1. The summed E-state index contributed by atoms with van der Waals surface area (Å²) in [6.07, 6.45) is 0.300. The van der Waals surface area contributed by atoms with Gasteiger partial charge >= 0.3 is 5.97 Å². The minimum absolute atomic E-state index is 0.0706. The van der Waals surface area contributed by atoms with Crippen molar-refractivity contribution in [3.63, 3.8) is 0 Å². The first-order chi connectivity index (χ1) is 7.10. The molecule has 0 unspecified atom stereocenters. The SMILES string of the molecule is CCOC(=O)c1cc(Br)cc(F)c1C=O. The van der Waals surface area contributed by atoms with Crippen molar-refractivity contribution in [3.05, 3.63) is 33.5 Å². The number of carbonyl (C=O) groups is 2. The summed E-state index contributed by atoms with van der Waals surface area (Å²) in [4.78, 5) is 22.0. The van der Waals surface area contributed by atoms with E-state index in [0.29, 0.717) is 10.8 Å². The van der Waals surface area contributed by atoms with Gasteiger partial charge < -0.3 is 4.74 Å². The zero-order valence-electron chi connectivity index (χ0n) is 7.92. The van der Waals surface area contributed by atoms with Gasteiger partial charge in [-0.2, -0.15) is 0 Å². The smallest absolute Gasteiger partial charge is 0.338 e. The summed E-state index contributed by atoms with van der Waals surface area (Å²) in [5.74, 6) is -1.46. The summed E-state index contributed by atoms with van der Waals surface area (Å²) >= 11 is 3.03. The summed E-state index contributed by atoms with van der Waals surface area (Å²) in [7, 11) is 0. The predicted octanol–water partition coefficient (Wildman–Crippen LogP) is 2.58. The molecule has 15 heavy (non-hydrogen) atoms. The molecule has 0 aliphatic rings. The van der Waals surface area contributed by atoms with Crippen molar-refractivity contribution in [2.75, 3.05) is 6.61 Å². The van der Waals surface area contributed by atoms with Gasteiger partial charge in [0.25, 0.3) is 0 Å². The number of hydrogen-bond donors (Lipinski definition) is 0. The molecule has 1 aromatic carbocycles.